The Morgan fingerprint density at radius 1 is 1.04 bits per heavy atom. The number of benzene rings is 2. The Labute approximate surface area is 149 Å². The summed E-state index contributed by atoms with van der Waals surface area (Å²) in [6.07, 6.45) is 1.87. The third kappa shape index (κ3) is 4.82. The van der Waals surface area contributed by atoms with Gasteiger partial charge in [0.25, 0.3) is 15.9 Å². The molecule has 0 spiro atoms. The molecule has 0 heterocycles. The van der Waals surface area contributed by atoms with Crippen molar-refractivity contribution in [1.29, 1.82) is 0 Å². The molecule has 25 heavy (non-hydrogen) atoms. The quantitative estimate of drug-likeness (QED) is 0.740. The van der Waals surface area contributed by atoms with Crippen molar-refractivity contribution in [2.45, 2.75) is 38.5 Å². The Hall–Kier alpha value is -2.34. The van der Waals surface area contributed by atoms with Gasteiger partial charge in [0, 0.05) is 12.1 Å². The number of aryl methyl sites for hydroxylation is 2. The molecule has 0 aliphatic rings. The zero-order valence-electron chi connectivity index (χ0n) is 14.8. The number of rotatable bonds is 7. The first-order chi connectivity index (χ1) is 11.8. The number of anilines is 1. The lowest BCUT2D eigenvalue weighted by Gasteiger charge is -2.13. The van der Waals surface area contributed by atoms with E-state index in [1.54, 1.807) is 25.1 Å². The van der Waals surface area contributed by atoms with E-state index < -0.39 is 10.0 Å². The predicted octanol–water partition coefficient (Wildman–Crippen LogP) is 3.63. The SMILES string of the molecule is CCCCNC(=O)c1cc(S(=O)(=O)Nc2ccccc2C)ccc1C. The molecule has 0 unspecified atom stereocenters. The normalized spacial score (nSPS) is 11.2. The second kappa shape index (κ2) is 8.16. The molecule has 0 aromatic heterocycles. The highest BCUT2D eigenvalue weighted by atomic mass is 32.2. The standard InChI is InChI=1S/C19H24N2O3S/c1-4-5-12-20-19(22)17-13-16(11-10-14(17)2)25(23,24)21-18-9-7-6-8-15(18)3/h6-11,13,21H,4-5,12H2,1-3H3,(H,20,22). The maximum atomic E-state index is 12.7. The van der Waals surface area contributed by atoms with E-state index in [4.69, 9.17) is 0 Å². The van der Waals surface area contributed by atoms with E-state index in [1.807, 2.05) is 26.0 Å². The second-order valence-corrected chi connectivity index (χ2v) is 7.69. The maximum Gasteiger partial charge on any atom is 0.261 e. The van der Waals surface area contributed by atoms with Gasteiger partial charge in [0.2, 0.25) is 0 Å². The third-order valence-electron chi connectivity index (χ3n) is 3.97. The molecule has 0 aliphatic carbocycles. The zero-order valence-corrected chi connectivity index (χ0v) is 15.6. The molecule has 2 aromatic carbocycles. The number of unbranched alkanes of at least 4 members (excludes halogenated alkanes) is 1. The van der Waals surface area contributed by atoms with Gasteiger partial charge in [-0.2, -0.15) is 0 Å². The van der Waals surface area contributed by atoms with Crippen LogP contribution >= 0.6 is 0 Å². The number of hydrogen-bond donors (Lipinski definition) is 2. The largest absolute Gasteiger partial charge is 0.352 e. The van der Waals surface area contributed by atoms with Gasteiger partial charge in [-0.15, -0.1) is 0 Å². The number of carbonyl (C=O) groups excluding carboxylic acids is 1. The predicted molar refractivity (Wildman–Crippen MR) is 100 cm³/mol. The van der Waals surface area contributed by atoms with Crippen LogP contribution in [0.4, 0.5) is 5.69 Å². The Kier molecular flexibility index (Phi) is 6.20. The molecule has 2 rings (SSSR count). The molecule has 134 valence electrons. The Balaban J connectivity index is 2.28. The summed E-state index contributed by atoms with van der Waals surface area (Å²) in [6.45, 7) is 6.24. The number of nitrogens with one attached hydrogen (secondary N) is 2. The van der Waals surface area contributed by atoms with Crippen LogP contribution in [0.15, 0.2) is 47.4 Å². The molecule has 2 N–H and O–H groups in total. The molecule has 0 atom stereocenters. The van der Waals surface area contributed by atoms with Crippen molar-refractivity contribution in [3.63, 3.8) is 0 Å². The summed E-state index contributed by atoms with van der Waals surface area (Å²) in [4.78, 5) is 12.4. The van der Waals surface area contributed by atoms with E-state index in [1.165, 1.54) is 12.1 Å². The van der Waals surface area contributed by atoms with E-state index in [9.17, 15) is 13.2 Å². The van der Waals surface area contributed by atoms with Gasteiger partial charge in [0.05, 0.1) is 10.6 Å². The first-order valence-corrected chi connectivity index (χ1v) is 9.80. The van der Waals surface area contributed by atoms with Crippen LogP contribution in [0.5, 0.6) is 0 Å². The number of amides is 1. The lowest BCUT2D eigenvalue weighted by Crippen LogP contribution is -2.25. The maximum absolute atomic E-state index is 12.7. The Morgan fingerprint density at radius 3 is 2.44 bits per heavy atom. The van der Waals surface area contributed by atoms with Crippen LogP contribution in [0.3, 0.4) is 0 Å². The van der Waals surface area contributed by atoms with Gasteiger partial charge in [0.15, 0.2) is 0 Å². The first-order valence-electron chi connectivity index (χ1n) is 8.32. The highest BCUT2D eigenvalue weighted by Gasteiger charge is 2.18. The van der Waals surface area contributed by atoms with Crippen molar-refractivity contribution < 1.29 is 13.2 Å². The van der Waals surface area contributed by atoms with Crippen molar-refractivity contribution >= 4 is 21.6 Å². The molecule has 1 amide bonds. The van der Waals surface area contributed by atoms with Crippen LogP contribution < -0.4 is 10.0 Å². The molecular weight excluding hydrogens is 336 g/mol. The molecule has 2 aromatic rings. The summed E-state index contributed by atoms with van der Waals surface area (Å²) in [7, 11) is -3.76. The summed E-state index contributed by atoms with van der Waals surface area (Å²) in [5.41, 5.74) is 2.47. The van der Waals surface area contributed by atoms with Crippen molar-refractivity contribution in [2.24, 2.45) is 0 Å². The van der Waals surface area contributed by atoms with Crippen LogP contribution in [0.25, 0.3) is 0 Å². The fraction of sp³-hybridized carbons (Fsp3) is 0.316. The van der Waals surface area contributed by atoms with Crippen LogP contribution in [0, 0.1) is 13.8 Å². The van der Waals surface area contributed by atoms with Crippen molar-refractivity contribution in [3.8, 4) is 0 Å². The molecule has 6 heteroatoms. The van der Waals surface area contributed by atoms with Crippen molar-refractivity contribution in [3.05, 3.63) is 59.2 Å². The average molecular weight is 360 g/mol. The van der Waals surface area contributed by atoms with E-state index in [0.29, 0.717) is 17.8 Å². The second-order valence-electron chi connectivity index (χ2n) is 6.01. The minimum Gasteiger partial charge on any atom is -0.352 e. The van der Waals surface area contributed by atoms with Gasteiger partial charge in [0.1, 0.15) is 0 Å². The lowest BCUT2D eigenvalue weighted by atomic mass is 10.1. The third-order valence-corrected chi connectivity index (χ3v) is 5.33. The lowest BCUT2D eigenvalue weighted by molar-refractivity contribution is 0.0952. The topological polar surface area (TPSA) is 75.3 Å². The number of sulfonamides is 1. The summed E-state index contributed by atoms with van der Waals surface area (Å²) in [5, 5.41) is 2.82. The van der Waals surface area contributed by atoms with Gasteiger partial charge in [-0.05, 0) is 49.6 Å². The molecule has 0 bridgehead atoms. The highest BCUT2D eigenvalue weighted by molar-refractivity contribution is 7.92. The molecular formula is C19H24N2O3S. The summed E-state index contributed by atoms with van der Waals surface area (Å²) in [5.74, 6) is -0.251. The van der Waals surface area contributed by atoms with E-state index in [-0.39, 0.29) is 10.8 Å². The van der Waals surface area contributed by atoms with E-state index in [0.717, 1.165) is 24.0 Å². The zero-order chi connectivity index (χ0) is 18.4. The molecule has 0 aliphatic heterocycles. The molecule has 5 nitrogen and oxygen atoms in total. The first kappa shape index (κ1) is 19.0. The number of para-hydroxylation sites is 1. The summed E-state index contributed by atoms with van der Waals surface area (Å²) < 4.78 is 27.9. The Bertz CT molecular complexity index is 861. The monoisotopic (exact) mass is 360 g/mol. The van der Waals surface area contributed by atoms with E-state index in [2.05, 4.69) is 10.0 Å². The van der Waals surface area contributed by atoms with Crippen LogP contribution in [-0.2, 0) is 10.0 Å². The average Bonchev–Trinajstić information content (AvgIpc) is 2.57. The summed E-state index contributed by atoms with van der Waals surface area (Å²) in [6, 6.07) is 11.8. The van der Waals surface area contributed by atoms with Crippen LogP contribution in [0.2, 0.25) is 0 Å². The summed E-state index contributed by atoms with van der Waals surface area (Å²) >= 11 is 0. The molecule has 0 fully saturated rings. The van der Waals surface area contributed by atoms with Gasteiger partial charge >= 0.3 is 0 Å². The van der Waals surface area contributed by atoms with Crippen LogP contribution in [-0.4, -0.2) is 20.9 Å². The minimum absolute atomic E-state index is 0.0713. The van der Waals surface area contributed by atoms with Crippen molar-refractivity contribution in [1.82, 2.24) is 5.32 Å². The van der Waals surface area contributed by atoms with Gasteiger partial charge < -0.3 is 5.32 Å². The fourth-order valence-electron chi connectivity index (χ4n) is 2.38. The van der Waals surface area contributed by atoms with Crippen molar-refractivity contribution in [2.75, 3.05) is 11.3 Å². The van der Waals surface area contributed by atoms with Gasteiger partial charge in [-0.25, -0.2) is 8.42 Å². The Morgan fingerprint density at radius 2 is 1.76 bits per heavy atom. The molecule has 0 saturated carbocycles. The number of carbonyl (C=O) groups is 1. The fourth-order valence-corrected chi connectivity index (χ4v) is 3.53. The highest BCUT2D eigenvalue weighted by Crippen LogP contribution is 2.21. The number of hydrogen-bond acceptors (Lipinski definition) is 3. The molecule has 0 saturated heterocycles. The van der Waals surface area contributed by atoms with E-state index >= 15 is 0 Å². The van der Waals surface area contributed by atoms with Crippen LogP contribution in [0.1, 0.15) is 41.3 Å². The smallest absolute Gasteiger partial charge is 0.261 e. The van der Waals surface area contributed by atoms with Gasteiger partial charge in [-0.1, -0.05) is 37.6 Å². The molecule has 0 radical (unpaired) electrons. The van der Waals surface area contributed by atoms with Gasteiger partial charge in [-0.3, -0.25) is 9.52 Å². The minimum atomic E-state index is -3.76.